The molecule has 19 heavy (non-hydrogen) atoms. The van der Waals surface area contributed by atoms with Crippen molar-refractivity contribution in [2.75, 3.05) is 7.05 Å². The lowest BCUT2D eigenvalue weighted by molar-refractivity contribution is 0.306. The molecule has 0 fully saturated rings. The molecule has 1 N–H and O–H groups in total. The molecule has 0 unspecified atom stereocenters. The predicted octanol–water partition coefficient (Wildman–Crippen LogP) is 3.55. The Morgan fingerprint density at radius 1 is 0.842 bits per heavy atom. The normalized spacial score (nSPS) is 10.4. The maximum absolute atomic E-state index is 5.78. The van der Waals surface area contributed by atoms with Crippen molar-refractivity contribution >= 4 is 0 Å². The highest BCUT2D eigenvalue weighted by atomic mass is 16.5. The standard InChI is InChI=1S/C17H21NO/c1-3-14-4-6-16(7-5-14)13-19-17-10-8-15(9-11-17)12-18-2/h4-11,18H,3,12-13H2,1-2H3. The molecule has 0 radical (unpaired) electrons. The van der Waals surface area contributed by atoms with Crippen LogP contribution >= 0.6 is 0 Å². The van der Waals surface area contributed by atoms with Gasteiger partial charge < -0.3 is 10.1 Å². The number of aryl methyl sites for hydroxylation is 1. The second kappa shape index (κ2) is 6.95. The smallest absolute Gasteiger partial charge is 0.119 e. The number of hydrogen-bond donors (Lipinski definition) is 1. The van der Waals surface area contributed by atoms with Gasteiger partial charge in [-0.2, -0.15) is 0 Å². The Bertz CT molecular complexity index is 488. The lowest BCUT2D eigenvalue weighted by Crippen LogP contribution is -2.04. The molecule has 2 aromatic carbocycles. The first-order chi connectivity index (χ1) is 9.31. The lowest BCUT2D eigenvalue weighted by atomic mass is 10.1. The summed E-state index contributed by atoms with van der Waals surface area (Å²) in [6, 6.07) is 16.8. The second-order valence-electron chi connectivity index (χ2n) is 4.63. The number of hydrogen-bond acceptors (Lipinski definition) is 2. The summed E-state index contributed by atoms with van der Waals surface area (Å²) in [5, 5.41) is 3.13. The van der Waals surface area contributed by atoms with E-state index in [-0.39, 0.29) is 0 Å². The molecule has 2 aromatic rings. The highest BCUT2D eigenvalue weighted by molar-refractivity contribution is 5.28. The van der Waals surface area contributed by atoms with Gasteiger partial charge in [0.25, 0.3) is 0 Å². The van der Waals surface area contributed by atoms with Gasteiger partial charge in [0.2, 0.25) is 0 Å². The zero-order chi connectivity index (χ0) is 13.5. The van der Waals surface area contributed by atoms with E-state index in [4.69, 9.17) is 4.74 Å². The van der Waals surface area contributed by atoms with E-state index in [1.807, 2.05) is 19.2 Å². The Labute approximate surface area is 115 Å². The first-order valence-electron chi connectivity index (χ1n) is 6.76. The minimum atomic E-state index is 0.620. The monoisotopic (exact) mass is 255 g/mol. The molecule has 0 aliphatic carbocycles. The largest absolute Gasteiger partial charge is 0.489 e. The molecule has 0 aliphatic rings. The quantitative estimate of drug-likeness (QED) is 0.852. The molecule has 0 amide bonds. The van der Waals surface area contributed by atoms with Crippen molar-refractivity contribution in [2.24, 2.45) is 0 Å². The molecular weight excluding hydrogens is 234 g/mol. The number of rotatable bonds is 6. The first-order valence-corrected chi connectivity index (χ1v) is 6.76. The van der Waals surface area contributed by atoms with Crippen LogP contribution in [0.15, 0.2) is 48.5 Å². The fourth-order valence-electron chi connectivity index (χ4n) is 1.95. The summed E-state index contributed by atoms with van der Waals surface area (Å²) in [7, 11) is 1.95. The lowest BCUT2D eigenvalue weighted by Gasteiger charge is -2.08. The summed E-state index contributed by atoms with van der Waals surface area (Å²) in [5.41, 5.74) is 3.83. The maximum atomic E-state index is 5.78. The van der Waals surface area contributed by atoms with E-state index in [1.165, 1.54) is 16.7 Å². The minimum absolute atomic E-state index is 0.620. The van der Waals surface area contributed by atoms with Crippen LogP contribution in [0.2, 0.25) is 0 Å². The Hall–Kier alpha value is -1.80. The van der Waals surface area contributed by atoms with Gasteiger partial charge >= 0.3 is 0 Å². The molecular formula is C17H21NO. The van der Waals surface area contributed by atoms with Crippen molar-refractivity contribution in [3.8, 4) is 5.75 Å². The van der Waals surface area contributed by atoms with E-state index < -0.39 is 0 Å². The summed E-state index contributed by atoms with van der Waals surface area (Å²) in [4.78, 5) is 0. The van der Waals surface area contributed by atoms with E-state index in [2.05, 4.69) is 48.6 Å². The fraction of sp³-hybridized carbons (Fsp3) is 0.294. The SMILES string of the molecule is CCc1ccc(COc2ccc(CNC)cc2)cc1. The second-order valence-corrected chi connectivity index (χ2v) is 4.63. The van der Waals surface area contributed by atoms with Crippen molar-refractivity contribution in [3.05, 3.63) is 65.2 Å². The average Bonchev–Trinajstić information content (AvgIpc) is 2.47. The van der Waals surface area contributed by atoms with Gasteiger partial charge in [0, 0.05) is 6.54 Å². The van der Waals surface area contributed by atoms with E-state index in [0.717, 1.165) is 18.7 Å². The summed E-state index contributed by atoms with van der Waals surface area (Å²) in [6.45, 7) is 3.67. The Morgan fingerprint density at radius 3 is 2.00 bits per heavy atom. The van der Waals surface area contributed by atoms with Crippen LogP contribution < -0.4 is 10.1 Å². The van der Waals surface area contributed by atoms with Crippen LogP contribution in [0.3, 0.4) is 0 Å². The van der Waals surface area contributed by atoms with Crippen LogP contribution in [-0.4, -0.2) is 7.05 Å². The Kier molecular flexibility index (Phi) is 4.99. The fourth-order valence-corrected chi connectivity index (χ4v) is 1.95. The molecule has 0 aliphatic heterocycles. The molecule has 2 rings (SSSR count). The molecule has 0 heterocycles. The summed E-state index contributed by atoms with van der Waals surface area (Å²) in [6.07, 6.45) is 1.08. The van der Waals surface area contributed by atoms with Crippen molar-refractivity contribution < 1.29 is 4.74 Å². The van der Waals surface area contributed by atoms with Gasteiger partial charge in [-0.25, -0.2) is 0 Å². The Morgan fingerprint density at radius 2 is 1.42 bits per heavy atom. The molecule has 0 atom stereocenters. The van der Waals surface area contributed by atoms with Crippen molar-refractivity contribution in [1.82, 2.24) is 5.32 Å². The molecule has 0 bridgehead atoms. The summed E-state index contributed by atoms with van der Waals surface area (Å²) >= 11 is 0. The van der Waals surface area contributed by atoms with Gasteiger partial charge in [-0.3, -0.25) is 0 Å². The molecule has 0 saturated carbocycles. The van der Waals surface area contributed by atoms with Crippen LogP contribution in [0.25, 0.3) is 0 Å². The predicted molar refractivity (Wildman–Crippen MR) is 79.4 cm³/mol. The molecule has 0 saturated heterocycles. The summed E-state index contributed by atoms with van der Waals surface area (Å²) < 4.78 is 5.78. The molecule has 0 aromatic heterocycles. The van der Waals surface area contributed by atoms with Gasteiger partial charge in [0.1, 0.15) is 12.4 Å². The van der Waals surface area contributed by atoms with Gasteiger partial charge in [0.15, 0.2) is 0 Å². The van der Waals surface area contributed by atoms with Gasteiger partial charge in [0.05, 0.1) is 0 Å². The van der Waals surface area contributed by atoms with Crippen LogP contribution in [0.5, 0.6) is 5.75 Å². The van der Waals surface area contributed by atoms with E-state index in [9.17, 15) is 0 Å². The minimum Gasteiger partial charge on any atom is -0.489 e. The molecule has 2 nitrogen and oxygen atoms in total. The zero-order valence-electron chi connectivity index (χ0n) is 11.6. The molecule has 2 heteroatoms. The topological polar surface area (TPSA) is 21.3 Å². The van der Waals surface area contributed by atoms with Crippen molar-refractivity contribution in [1.29, 1.82) is 0 Å². The number of benzene rings is 2. The third-order valence-electron chi connectivity index (χ3n) is 3.14. The van der Waals surface area contributed by atoms with Gasteiger partial charge in [-0.15, -0.1) is 0 Å². The maximum Gasteiger partial charge on any atom is 0.119 e. The van der Waals surface area contributed by atoms with Crippen LogP contribution in [0.1, 0.15) is 23.6 Å². The third kappa shape index (κ3) is 4.11. The van der Waals surface area contributed by atoms with E-state index >= 15 is 0 Å². The van der Waals surface area contributed by atoms with Crippen molar-refractivity contribution in [2.45, 2.75) is 26.5 Å². The van der Waals surface area contributed by atoms with Gasteiger partial charge in [-0.05, 0) is 42.3 Å². The first kappa shape index (κ1) is 13.6. The van der Waals surface area contributed by atoms with E-state index in [1.54, 1.807) is 0 Å². The van der Waals surface area contributed by atoms with Gasteiger partial charge in [-0.1, -0.05) is 43.3 Å². The average molecular weight is 255 g/mol. The van der Waals surface area contributed by atoms with Crippen LogP contribution in [0, 0.1) is 0 Å². The zero-order valence-corrected chi connectivity index (χ0v) is 11.6. The molecule has 0 spiro atoms. The third-order valence-corrected chi connectivity index (χ3v) is 3.14. The Balaban J connectivity index is 1.90. The van der Waals surface area contributed by atoms with Crippen molar-refractivity contribution in [3.63, 3.8) is 0 Å². The highest BCUT2D eigenvalue weighted by Crippen LogP contribution is 2.14. The van der Waals surface area contributed by atoms with Crippen LogP contribution in [-0.2, 0) is 19.6 Å². The van der Waals surface area contributed by atoms with Crippen LogP contribution in [0.4, 0.5) is 0 Å². The molecule has 100 valence electrons. The van der Waals surface area contributed by atoms with E-state index in [0.29, 0.717) is 6.61 Å². The highest BCUT2D eigenvalue weighted by Gasteiger charge is 1.97. The number of ether oxygens (including phenoxy) is 1. The number of nitrogens with one attached hydrogen (secondary N) is 1. The summed E-state index contributed by atoms with van der Waals surface area (Å²) in [5.74, 6) is 0.916.